The Labute approximate surface area is 213 Å². The maximum atomic E-state index is 13.6. The normalized spacial score (nSPS) is 14.8. The number of hydrogen-bond acceptors (Lipinski definition) is 8. The molecule has 4 rings (SSSR count). The van der Waals surface area contributed by atoms with Gasteiger partial charge in [0, 0.05) is 32.2 Å². The molecule has 192 valence electrons. The molecule has 1 aliphatic heterocycles. The summed E-state index contributed by atoms with van der Waals surface area (Å²) in [7, 11) is 3.08. The van der Waals surface area contributed by atoms with E-state index in [1.54, 1.807) is 37.4 Å². The minimum absolute atomic E-state index is 0.0350. The lowest BCUT2D eigenvalue weighted by Gasteiger charge is -2.26. The predicted octanol–water partition coefficient (Wildman–Crippen LogP) is 3.66. The number of hydrazone groups is 1. The van der Waals surface area contributed by atoms with Gasteiger partial charge >= 0.3 is 0 Å². The Kier molecular flexibility index (Phi) is 7.94. The first-order valence-corrected chi connectivity index (χ1v) is 11.5. The number of nitrogens with zero attached hydrogens (tertiary/aromatic N) is 4. The number of hydrogen-bond donors (Lipinski definition) is 0. The fourth-order valence-corrected chi connectivity index (χ4v) is 4.02. The second-order valence-electron chi connectivity index (χ2n) is 8.28. The van der Waals surface area contributed by atoms with E-state index in [0.717, 1.165) is 5.56 Å². The Bertz CT molecular complexity index is 1270. The molecule has 0 saturated heterocycles. The minimum atomic E-state index is -0.471. The highest BCUT2D eigenvalue weighted by molar-refractivity contribution is 6.03. The average molecular weight is 507 g/mol. The lowest BCUT2D eigenvalue weighted by atomic mass is 9.98. The summed E-state index contributed by atoms with van der Waals surface area (Å²) in [5.74, 6) is -0.0399. The molecule has 1 unspecified atom stereocenters. The Morgan fingerprint density at radius 3 is 2.46 bits per heavy atom. The molecular formula is C26H26N4O7. The van der Waals surface area contributed by atoms with E-state index >= 15 is 0 Å². The van der Waals surface area contributed by atoms with Gasteiger partial charge in [0.2, 0.25) is 0 Å². The number of amides is 2. The molecule has 2 heterocycles. The first-order valence-electron chi connectivity index (χ1n) is 11.5. The SMILES string of the molecule is COCCN(CC(=O)N1N=C(c2ccc([N+](=O)[O-])cc2)CC1c1ccc(OC)cc1)C(=O)c1ccco1. The summed E-state index contributed by atoms with van der Waals surface area (Å²) >= 11 is 0. The maximum absolute atomic E-state index is 13.6. The summed E-state index contributed by atoms with van der Waals surface area (Å²) in [5.41, 5.74) is 2.06. The lowest BCUT2D eigenvalue weighted by Crippen LogP contribution is -2.42. The van der Waals surface area contributed by atoms with Gasteiger partial charge in [0.15, 0.2) is 5.76 Å². The molecular weight excluding hydrogens is 480 g/mol. The van der Waals surface area contributed by atoms with Crippen LogP contribution in [0.4, 0.5) is 5.69 Å². The number of non-ortho nitro benzene ring substituents is 1. The van der Waals surface area contributed by atoms with E-state index in [-0.39, 0.29) is 31.1 Å². The third-order valence-electron chi connectivity index (χ3n) is 5.99. The van der Waals surface area contributed by atoms with E-state index in [1.165, 1.54) is 41.5 Å². The molecule has 0 spiro atoms. The zero-order valence-electron chi connectivity index (χ0n) is 20.4. The standard InChI is InChI=1S/C26H26N4O7/c1-35-15-13-28(26(32)24-4-3-14-37-24)17-25(31)29-23(19-7-11-21(36-2)12-8-19)16-22(27-29)18-5-9-20(10-6-18)30(33)34/h3-12,14,23H,13,15-17H2,1-2H3. The topological polar surface area (TPSA) is 128 Å². The van der Waals surface area contributed by atoms with Crippen LogP contribution in [0.3, 0.4) is 0 Å². The van der Waals surface area contributed by atoms with Crippen molar-refractivity contribution >= 4 is 23.2 Å². The first kappa shape index (κ1) is 25.6. The quantitative estimate of drug-likeness (QED) is 0.303. The van der Waals surface area contributed by atoms with Crippen LogP contribution < -0.4 is 4.74 Å². The molecule has 0 aliphatic carbocycles. The van der Waals surface area contributed by atoms with E-state index in [1.807, 2.05) is 12.1 Å². The van der Waals surface area contributed by atoms with Crippen LogP contribution in [-0.4, -0.2) is 66.3 Å². The van der Waals surface area contributed by atoms with Crippen LogP contribution in [0.15, 0.2) is 76.4 Å². The molecule has 2 aromatic carbocycles. The van der Waals surface area contributed by atoms with Crippen molar-refractivity contribution < 1.29 is 28.4 Å². The summed E-state index contributed by atoms with van der Waals surface area (Å²) < 4.78 is 15.6. The summed E-state index contributed by atoms with van der Waals surface area (Å²) in [4.78, 5) is 38.4. The maximum Gasteiger partial charge on any atom is 0.290 e. The van der Waals surface area contributed by atoms with Crippen LogP contribution in [0.25, 0.3) is 0 Å². The third kappa shape index (κ3) is 5.84. The van der Waals surface area contributed by atoms with Crippen LogP contribution in [0, 0.1) is 10.1 Å². The molecule has 0 fully saturated rings. The van der Waals surface area contributed by atoms with Gasteiger partial charge in [-0.2, -0.15) is 5.10 Å². The Morgan fingerprint density at radius 1 is 1.14 bits per heavy atom. The molecule has 1 aliphatic rings. The smallest absolute Gasteiger partial charge is 0.290 e. The largest absolute Gasteiger partial charge is 0.497 e. The number of ether oxygens (including phenoxy) is 2. The summed E-state index contributed by atoms with van der Waals surface area (Å²) in [5, 5.41) is 17.0. The number of carbonyl (C=O) groups excluding carboxylic acids is 2. The number of nitro benzene ring substituents is 1. The molecule has 37 heavy (non-hydrogen) atoms. The third-order valence-corrected chi connectivity index (χ3v) is 5.99. The van der Waals surface area contributed by atoms with Gasteiger partial charge in [0.25, 0.3) is 17.5 Å². The fourth-order valence-electron chi connectivity index (χ4n) is 4.02. The Morgan fingerprint density at radius 2 is 1.86 bits per heavy atom. The van der Waals surface area contributed by atoms with Crippen LogP contribution >= 0.6 is 0 Å². The number of methoxy groups -OCH3 is 2. The van der Waals surface area contributed by atoms with Crippen LogP contribution in [-0.2, 0) is 9.53 Å². The van der Waals surface area contributed by atoms with Crippen molar-refractivity contribution in [1.82, 2.24) is 9.91 Å². The molecule has 1 atom stereocenters. The van der Waals surface area contributed by atoms with E-state index < -0.39 is 22.8 Å². The van der Waals surface area contributed by atoms with Crippen molar-refractivity contribution in [2.75, 3.05) is 33.9 Å². The second-order valence-corrected chi connectivity index (χ2v) is 8.28. The van der Waals surface area contributed by atoms with Crippen molar-refractivity contribution in [2.24, 2.45) is 5.10 Å². The summed E-state index contributed by atoms with van der Waals surface area (Å²) in [6.07, 6.45) is 1.78. The summed E-state index contributed by atoms with van der Waals surface area (Å²) in [6.45, 7) is 0.174. The number of furan rings is 1. The number of benzene rings is 2. The van der Waals surface area contributed by atoms with E-state index in [0.29, 0.717) is 23.4 Å². The highest BCUT2D eigenvalue weighted by atomic mass is 16.6. The monoisotopic (exact) mass is 506 g/mol. The molecule has 3 aromatic rings. The van der Waals surface area contributed by atoms with Crippen molar-refractivity contribution in [1.29, 1.82) is 0 Å². The first-order chi connectivity index (χ1) is 17.9. The van der Waals surface area contributed by atoms with E-state index in [4.69, 9.17) is 13.9 Å². The highest BCUT2D eigenvalue weighted by Crippen LogP contribution is 2.34. The number of nitro groups is 1. The van der Waals surface area contributed by atoms with Crippen molar-refractivity contribution in [3.05, 3.63) is 93.9 Å². The Hall–Kier alpha value is -4.51. The molecule has 0 radical (unpaired) electrons. The molecule has 11 heteroatoms. The van der Waals surface area contributed by atoms with Crippen molar-refractivity contribution in [3.8, 4) is 5.75 Å². The summed E-state index contributed by atoms with van der Waals surface area (Å²) in [6, 6.07) is 16.0. The fraction of sp³-hybridized carbons (Fsp3) is 0.269. The van der Waals surface area contributed by atoms with Crippen molar-refractivity contribution in [3.63, 3.8) is 0 Å². The zero-order valence-corrected chi connectivity index (χ0v) is 20.4. The van der Waals surface area contributed by atoms with Crippen LogP contribution in [0.2, 0.25) is 0 Å². The molecule has 2 amide bonds. The molecule has 0 saturated carbocycles. The molecule has 0 bridgehead atoms. The van der Waals surface area contributed by atoms with E-state index in [2.05, 4.69) is 5.10 Å². The van der Waals surface area contributed by atoms with Gasteiger partial charge in [-0.15, -0.1) is 0 Å². The van der Waals surface area contributed by atoms with Gasteiger partial charge < -0.3 is 18.8 Å². The van der Waals surface area contributed by atoms with Gasteiger partial charge in [0.1, 0.15) is 12.3 Å². The minimum Gasteiger partial charge on any atom is -0.497 e. The zero-order chi connectivity index (χ0) is 26.4. The molecule has 11 nitrogen and oxygen atoms in total. The molecule has 1 aromatic heterocycles. The van der Waals surface area contributed by atoms with Gasteiger partial charge in [-0.3, -0.25) is 19.7 Å². The van der Waals surface area contributed by atoms with Crippen LogP contribution in [0.5, 0.6) is 5.75 Å². The van der Waals surface area contributed by atoms with E-state index in [9.17, 15) is 19.7 Å². The van der Waals surface area contributed by atoms with Gasteiger partial charge in [-0.05, 0) is 47.5 Å². The van der Waals surface area contributed by atoms with Crippen molar-refractivity contribution in [2.45, 2.75) is 12.5 Å². The Balaban J connectivity index is 1.63. The predicted molar refractivity (Wildman–Crippen MR) is 133 cm³/mol. The van der Waals surface area contributed by atoms with Gasteiger partial charge in [0.05, 0.1) is 36.7 Å². The van der Waals surface area contributed by atoms with Gasteiger partial charge in [-0.25, -0.2) is 5.01 Å². The number of carbonyl (C=O) groups is 2. The highest BCUT2D eigenvalue weighted by Gasteiger charge is 2.35. The van der Waals surface area contributed by atoms with Crippen LogP contribution in [0.1, 0.15) is 34.1 Å². The molecule has 0 N–H and O–H groups in total. The average Bonchev–Trinajstić information content (AvgIpc) is 3.62. The van der Waals surface area contributed by atoms with Gasteiger partial charge in [-0.1, -0.05) is 12.1 Å². The number of rotatable bonds is 10. The second kappa shape index (κ2) is 11.5. The lowest BCUT2D eigenvalue weighted by molar-refractivity contribution is -0.384.